The van der Waals surface area contributed by atoms with Crippen LogP contribution in [0.4, 0.5) is 4.39 Å². The van der Waals surface area contributed by atoms with E-state index in [9.17, 15) is 4.39 Å². The molecule has 1 aromatic rings. The molecule has 0 aliphatic rings. The van der Waals surface area contributed by atoms with Gasteiger partial charge in [0.1, 0.15) is 11.7 Å². The van der Waals surface area contributed by atoms with Gasteiger partial charge in [0.05, 0.1) is 0 Å². The number of rotatable bonds is 7. The maximum Gasteiger partial charge on any atom is 0.140 e. The quantitative estimate of drug-likeness (QED) is 0.352. The van der Waals surface area contributed by atoms with Gasteiger partial charge in [-0.1, -0.05) is 30.6 Å². The molecule has 0 aliphatic carbocycles. The van der Waals surface area contributed by atoms with Crippen molar-refractivity contribution < 1.29 is 9.60 Å². The Hall–Kier alpha value is -1.33. The van der Waals surface area contributed by atoms with Crippen LogP contribution in [0.25, 0.3) is 0 Å². The fourth-order valence-corrected chi connectivity index (χ4v) is 2.16. The van der Waals surface area contributed by atoms with Gasteiger partial charge in [0.2, 0.25) is 0 Å². The second-order valence-corrected chi connectivity index (χ2v) is 5.61. The monoisotopic (exact) mass is 301 g/mol. The number of nitrogens with two attached hydrogens (primary N) is 1. The first-order valence-electron chi connectivity index (χ1n) is 6.55. The standard InChI is InChI=1S/C14H21ClFN3O/c1-10(2)8-19(6-5-14(17)18-20)9-11-7-12(16)3-4-13(11)15/h3-4,7,10,20H,5-6,8-9H2,1-2H3,(H2,17,18). The molecule has 0 saturated carbocycles. The van der Waals surface area contributed by atoms with Gasteiger partial charge in [-0.05, 0) is 29.7 Å². The smallest absolute Gasteiger partial charge is 0.140 e. The summed E-state index contributed by atoms with van der Waals surface area (Å²) in [6.07, 6.45) is 0.455. The van der Waals surface area contributed by atoms with Gasteiger partial charge in [-0.3, -0.25) is 4.90 Å². The molecule has 0 atom stereocenters. The zero-order chi connectivity index (χ0) is 15.1. The van der Waals surface area contributed by atoms with Crippen molar-refractivity contribution in [1.82, 2.24) is 4.90 Å². The van der Waals surface area contributed by atoms with Crippen molar-refractivity contribution in [2.24, 2.45) is 16.8 Å². The highest BCUT2D eigenvalue weighted by Gasteiger charge is 2.12. The average molecular weight is 302 g/mol. The third kappa shape index (κ3) is 5.75. The average Bonchev–Trinajstić information content (AvgIpc) is 2.39. The zero-order valence-corrected chi connectivity index (χ0v) is 12.6. The summed E-state index contributed by atoms with van der Waals surface area (Å²) in [6, 6.07) is 4.34. The Balaban J connectivity index is 2.75. The molecule has 0 spiro atoms. The number of halogens is 2. The second kappa shape index (κ2) is 8.07. The molecule has 1 aromatic carbocycles. The Morgan fingerprint density at radius 1 is 1.50 bits per heavy atom. The number of amidine groups is 1. The lowest BCUT2D eigenvalue weighted by atomic mass is 10.1. The van der Waals surface area contributed by atoms with Gasteiger partial charge in [-0.15, -0.1) is 0 Å². The molecule has 0 unspecified atom stereocenters. The van der Waals surface area contributed by atoms with Gasteiger partial charge in [0, 0.05) is 31.1 Å². The summed E-state index contributed by atoms with van der Waals surface area (Å²) < 4.78 is 13.3. The van der Waals surface area contributed by atoms with Crippen LogP contribution in [0.15, 0.2) is 23.4 Å². The summed E-state index contributed by atoms with van der Waals surface area (Å²) in [7, 11) is 0. The molecule has 0 fully saturated rings. The van der Waals surface area contributed by atoms with Gasteiger partial charge in [-0.2, -0.15) is 0 Å². The predicted octanol–water partition coefficient (Wildman–Crippen LogP) is 3.07. The summed E-state index contributed by atoms with van der Waals surface area (Å²) in [5.41, 5.74) is 6.23. The van der Waals surface area contributed by atoms with E-state index in [2.05, 4.69) is 23.9 Å². The Morgan fingerprint density at radius 2 is 2.20 bits per heavy atom. The highest BCUT2D eigenvalue weighted by atomic mass is 35.5. The fraction of sp³-hybridized carbons (Fsp3) is 0.500. The molecule has 1 rings (SSSR count). The van der Waals surface area contributed by atoms with Crippen LogP contribution in [0, 0.1) is 11.7 Å². The first kappa shape index (κ1) is 16.7. The zero-order valence-electron chi connectivity index (χ0n) is 11.8. The number of benzene rings is 1. The van der Waals surface area contributed by atoms with E-state index >= 15 is 0 Å². The van der Waals surface area contributed by atoms with E-state index in [0.29, 0.717) is 30.5 Å². The molecule has 0 radical (unpaired) electrons. The molecular formula is C14H21ClFN3O. The summed E-state index contributed by atoms with van der Waals surface area (Å²) in [6.45, 7) is 6.19. The van der Waals surface area contributed by atoms with Crippen LogP contribution in [0.5, 0.6) is 0 Å². The summed E-state index contributed by atoms with van der Waals surface area (Å²) in [5.74, 6) is 0.337. The topological polar surface area (TPSA) is 61.8 Å². The van der Waals surface area contributed by atoms with Crippen LogP contribution < -0.4 is 5.73 Å². The van der Waals surface area contributed by atoms with Crippen molar-refractivity contribution in [2.45, 2.75) is 26.8 Å². The highest BCUT2D eigenvalue weighted by Crippen LogP contribution is 2.19. The van der Waals surface area contributed by atoms with Gasteiger partial charge in [0.15, 0.2) is 0 Å². The summed E-state index contributed by atoms with van der Waals surface area (Å²) in [5, 5.41) is 12.1. The fourth-order valence-electron chi connectivity index (χ4n) is 1.98. The van der Waals surface area contributed by atoms with E-state index in [4.69, 9.17) is 22.5 Å². The molecule has 112 valence electrons. The molecule has 0 bridgehead atoms. The third-order valence-electron chi connectivity index (χ3n) is 2.84. The Labute approximate surface area is 124 Å². The molecular weight excluding hydrogens is 281 g/mol. The van der Waals surface area contributed by atoms with E-state index in [0.717, 1.165) is 12.1 Å². The maximum absolute atomic E-state index is 13.3. The van der Waals surface area contributed by atoms with Crippen LogP contribution in [0.2, 0.25) is 5.02 Å². The molecule has 20 heavy (non-hydrogen) atoms. The number of oxime groups is 1. The predicted molar refractivity (Wildman–Crippen MR) is 79.6 cm³/mol. The van der Waals surface area contributed by atoms with Crippen molar-refractivity contribution in [3.05, 3.63) is 34.6 Å². The highest BCUT2D eigenvalue weighted by molar-refractivity contribution is 6.31. The van der Waals surface area contributed by atoms with E-state index in [1.807, 2.05) is 0 Å². The largest absolute Gasteiger partial charge is 0.409 e. The van der Waals surface area contributed by atoms with Crippen molar-refractivity contribution in [1.29, 1.82) is 0 Å². The first-order chi connectivity index (χ1) is 9.42. The molecule has 0 aromatic heterocycles. The van der Waals surface area contributed by atoms with Crippen LogP contribution in [0.3, 0.4) is 0 Å². The number of hydrogen-bond donors (Lipinski definition) is 2. The minimum absolute atomic E-state index is 0.184. The maximum atomic E-state index is 13.3. The lowest BCUT2D eigenvalue weighted by Gasteiger charge is -2.24. The summed E-state index contributed by atoms with van der Waals surface area (Å²) in [4.78, 5) is 2.11. The minimum Gasteiger partial charge on any atom is -0.409 e. The first-order valence-corrected chi connectivity index (χ1v) is 6.92. The lowest BCUT2D eigenvalue weighted by Crippen LogP contribution is -2.31. The summed E-state index contributed by atoms with van der Waals surface area (Å²) >= 11 is 6.09. The molecule has 4 nitrogen and oxygen atoms in total. The Morgan fingerprint density at radius 3 is 2.80 bits per heavy atom. The van der Waals surface area contributed by atoms with Crippen molar-refractivity contribution in [2.75, 3.05) is 13.1 Å². The van der Waals surface area contributed by atoms with E-state index in [1.165, 1.54) is 12.1 Å². The van der Waals surface area contributed by atoms with E-state index < -0.39 is 0 Å². The number of nitrogens with zero attached hydrogens (tertiary/aromatic N) is 2. The molecule has 3 N–H and O–H groups in total. The molecule has 0 heterocycles. The molecule has 6 heteroatoms. The van der Waals surface area contributed by atoms with Gasteiger partial charge in [0.25, 0.3) is 0 Å². The van der Waals surface area contributed by atoms with Crippen LogP contribution >= 0.6 is 11.6 Å². The van der Waals surface area contributed by atoms with Crippen molar-refractivity contribution in [3.8, 4) is 0 Å². The normalized spacial score (nSPS) is 12.4. The van der Waals surface area contributed by atoms with E-state index in [-0.39, 0.29) is 11.7 Å². The van der Waals surface area contributed by atoms with Crippen LogP contribution in [-0.4, -0.2) is 29.0 Å². The minimum atomic E-state index is -0.301. The third-order valence-corrected chi connectivity index (χ3v) is 3.21. The second-order valence-electron chi connectivity index (χ2n) is 5.21. The Kier molecular flexibility index (Phi) is 6.75. The van der Waals surface area contributed by atoms with E-state index in [1.54, 1.807) is 6.07 Å². The van der Waals surface area contributed by atoms with Crippen LogP contribution in [0.1, 0.15) is 25.8 Å². The van der Waals surface area contributed by atoms with Crippen molar-refractivity contribution in [3.63, 3.8) is 0 Å². The van der Waals surface area contributed by atoms with Crippen molar-refractivity contribution >= 4 is 17.4 Å². The van der Waals surface area contributed by atoms with Crippen LogP contribution in [-0.2, 0) is 6.54 Å². The Bertz CT molecular complexity index is 466. The lowest BCUT2D eigenvalue weighted by molar-refractivity contribution is 0.240. The van der Waals surface area contributed by atoms with Gasteiger partial charge >= 0.3 is 0 Å². The molecule has 0 saturated heterocycles. The SMILES string of the molecule is CC(C)CN(CC/C(N)=N/O)Cc1cc(F)ccc1Cl. The van der Waals surface area contributed by atoms with Gasteiger partial charge < -0.3 is 10.9 Å². The number of hydrogen-bond acceptors (Lipinski definition) is 3. The molecule has 0 aliphatic heterocycles. The van der Waals surface area contributed by atoms with Gasteiger partial charge in [-0.25, -0.2) is 4.39 Å². The molecule has 0 amide bonds.